The van der Waals surface area contributed by atoms with Crippen LogP contribution in [0.1, 0.15) is 0 Å². The Hall–Kier alpha value is -1.52. The molecule has 0 saturated carbocycles. The number of nitrogens with zero attached hydrogens (tertiary/aromatic N) is 2. The highest BCUT2D eigenvalue weighted by Crippen LogP contribution is 2.28. The van der Waals surface area contributed by atoms with Gasteiger partial charge < -0.3 is 10.5 Å². The second-order valence-electron chi connectivity index (χ2n) is 2.93. The van der Waals surface area contributed by atoms with Crippen LogP contribution >= 0.6 is 11.6 Å². The molecule has 0 aliphatic rings. The summed E-state index contributed by atoms with van der Waals surface area (Å²) in [6, 6.07) is 7.26. The minimum Gasteiger partial charge on any atom is -0.452 e. The molecular weight excluding hydrogens is 214 g/mol. The molecule has 2 aromatic rings. The van der Waals surface area contributed by atoms with Crippen LogP contribution in [0.4, 0.5) is 0 Å². The van der Waals surface area contributed by atoms with Crippen molar-refractivity contribution in [3.8, 4) is 11.5 Å². The first-order valence-electron chi connectivity index (χ1n) is 4.44. The van der Waals surface area contributed by atoms with Crippen molar-refractivity contribution in [3.63, 3.8) is 0 Å². The van der Waals surface area contributed by atoms with Crippen molar-refractivity contribution in [1.82, 2.24) is 9.78 Å². The van der Waals surface area contributed by atoms with Crippen LogP contribution in [0.5, 0.6) is 11.5 Å². The van der Waals surface area contributed by atoms with Crippen LogP contribution in [0.2, 0.25) is 5.02 Å². The van der Waals surface area contributed by atoms with Crippen LogP contribution in [-0.2, 0) is 6.67 Å². The van der Waals surface area contributed by atoms with E-state index in [0.717, 1.165) is 0 Å². The molecule has 1 heterocycles. The van der Waals surface area contributed by atoms with Crippen molar-refractivity contribution in [3.05, 3.63) is 41.7 Å². The van der Waals surface area contributed by atoms with E-state index in [1.165, 1.54) is 0 Å². The molecule has 0 saturated heterocycles. The SMILES string of the molecule is NCn1cc(Oc2ccccc2Cl)cn1. The summed E-state index contributed by atoms with van der Waals surface area (Å²) in [5.41, 5.74) is 5.41. The summed E-state index contributed by atoms with van der Waals surface area (Å²) in [7, 11) is 0. The van der Waals surface area contributed by atoms with E-state index in [0.29, 0.717) is 23.2 Å². The predicted molar refractivity (Wildman–Crippen MR) is 57.9 cm³/mol. The molecule has 78 valence electrons. The van der Waals surface area contributed by atoms with Crippen LogP contribution in [0.3, 0.4) is 0 Å². The van der Waals surface area contributed by atoms with Crippen molar-refractivity contribution < 1.29 is 4.74 Å². The summed E-state index contributed by atoms with van der Waals surface area (Å²) in [5, 5.41) is 4.55. The topological polar surface area (TPSA) is 53.1 Å². The molecule has 2 N–H and O–H groups in total. The molecule has 15 heavy (non-hydrogen) atoms. The molecular formula is C10H10ClN3O. The van der Waals surface area contributed by atoms with Crippen molar-refractivity contribution in [2.24, 2.45) is 5.73 Å². The van der Waals surface area contributed by atoms with E-state index in [2.05, 4.69) is 5.10 Å². The normalized spacial score (nSPS) is 10.3. The average Bonchev–Trinajstić information content (AvgIpc) is 2.69. The zero-order valence-corrected chi connectivity index (χ0v) is 8.69. The van der Waals surface area contributed by atoms with Crippen molar-refractivity contribution in [2.45, 2.75) is 6.67 Å². The number of halogens is 1. The molecule has 0 radical (unpaired) electrons. The third-order valence-corrected chi connectivity index (χ3v) is 2.17. The van der Waals surface area contributed by atoms with Gasteiger partial charge in [-0.1, -0.05) is 23.7 Å². The Labute approximate surface area is 92.2 Å². The van der Waals surface area contributed by atoms with E-state index in [9.17, 15) is 0 Å². The average molecular weight is 224 g/mol. The van der Waals surface area contributed by atoms with E-state index in [1.807, 2.05) is 12.1 Å². The van der Waals surface area contributed by atoms with E-state index >= 15 is 0 Å². The smallest absolute Gasteiger partial charge is 0.165 e. The lowest BCUT2D eigenvalue weighted by molar-refractivity contribution is 0.481. The maximum Gasteiger partial charge on any atom is 0.165 e. The highest BCUT2D eigenvalue weighted by atomic mass is 35.5. The second kappa shape index (κ2) is 4.33. The number of ether oxygens (including phenoxy) is 1. The Morgan fingerprint density at radius 3 is 2.87 bits per heavy atom. The predicted octanol–water partition coefficient (Wildman–Crippen LogP) is 2.25. The minimum atomic E-state index is 0.325. The highest BCUT2D eigenvalue weighted by molar-refractivity contribution is 6.32. The van der Waals surface area contributed by atoms with Gasteiger partial charge in [-0.25, -0.2) is 0 Å². The second-order valence-corrected chi connectivity index (χ2v) is 3.34. The van der Waals surface area contributed by atoms with E-state index in [4.69, 9.17) is 22.1 Å². The van der Waals surface area contributed by atoms with Gasteiger partial charge in [0.05, 0.1) is 24.1 Å². The quantitative estimate of drug-likeness (QED) is 0.868. The van der Waals surface area contributed by atoms with Crippen LogP contribution in [0.15, 0.2) is 36.7 Å². The minimum absolute atomic E-state index is 0.325. The standard InChI is InChI=1S/C10H10ClN3O/c11-9-3-1-2-4-10(9)15-8-5-13-14(6-8)7-12/h1-6H,7,12H2. The summed E-state index contributed by atoms with van der Waals surface area (Å²) < 4.78 is 7.10. The summed E-state index contributed by atoms with van der Waals surface area (Å²) in [6.45, 7) is 0.325. The summed E-state index contributed by atoms with van der Waals surface area (Å²) in [4.78, 5) is 0. The number of hydrogen-bond acceptors (Lipinski definition) is 3. The molecule has 0 amide bonds. The van der Waals surface area contributed by atoms with Crippen molar-refractivity contribution in [2.75, 3.05) is 0 Å². The van der Waals surface area contributed by atoms with Gasteiger partial charge in [-0.15, -0.1) is 0 Å². The fraction of sp³-hybridized carbons (Fsp3) is 0.100. The lowest BCUT2D eigenvalue weighted by atomic mass is 10.3. The summed E-state index contributed by atoms with van der Waals surface area (Å²) in [6.07, 6.45) is 3.31. The van der Waals surface area contributed by atoms with Crippen LogP contribution in [0, 0.1) is 0 Å². The zero-order chi connectivity index (χ0) is 10.7. The van der Waals surface area contributed by atoms with Crippen LogP contribution in [0.25, 0.3) is 0 Å². The lowest BCUT2D eigenvalue weighted by Gasteiger charge is -2.03. The monoisotopic (exact) mass is 223 g/mol. The third-order valence-electron chi connectivity index (χ3n) is 1.86. The number of para-hydroxylation sites is 1. The molecule has 5 heteroatoms. The first kappa shape index (κ1) is 10.0. The maximum atomic E-state index is 5.94. The van der Waals surface area contributed by atoms with Gasteiger partial charge in [-0.05, 0) is 12.1 Å². The Morgan fingerprint density at radius 2 is 2.20 bits per heavy atom. The molecule has 2 rings (SSSR count). The Bertz CT molecular complexity index is 455. The molecule has 4 nitrogen and oxygen atoms in total. The van der Waals surface area contributed by atoms with Gasteiger partial charge in [0.15, 0.2) is 5.75 Å². The first-order chi connectivity index (χ1) is 7.29. The number of hydrogen-bond donors (Lipinski definition) is 1. The molecule has 0 bridgehead atoms. The Balaban J connectivity index is 2.18. The van der Waals surface area contributed by atoms with Gasteiger partial charge >= 0.3 is 0 Å². The van der Waals surface area contributed by atoms with Gasteiger partial charge in [0.1, 0.15) is 5.75 Å². The van der Waals surface area contributed by atoms with Crippen LogP contribution in [-0.4, -0.2) is 9.78 Å². The molecule has 0 atom stereocenters. The maximum absolute atomic E-state index is 5.94. The molecule has 0 aliphatic carbocycles. The first-order valence-corrected chi connectivity index (χ1v) is 4.82. The number of benzene rings is 1. The number of nitrogens with two attached hydrogens (primary N) is 1. The third kappa shape index (κ3) is 2.29. The molecule has 0 spiro atoms. The van der Waals surface area contributed by atoms with Gasteiger partial charge in [-0.2, -0.15) is 5.10 Å². The Morgan fingerprint density at radius 1 is 1.40 bits per heavy atom. The summed E-state index contributed by atoms with van der Waals surface area (Å²) >= 11 is 5.94. The highest BCUT2D eigenvalue weighted by Gasteiger charge is 2.03. The van der Waals surface area contributed by atoms with Gasteiger partial charge in [0.25, 0.3) is 0 Å². The van der Waals surface area contributed by atoms with E-state index < -0.39 is 0 Å². The van der Waals surface area contributed by atoms with Gasteiger partial charge in [-0.3, -0.25) is 4.68 Å². The van der Waals surface area contributed by atoms with Crippen molar-refractivity contribution in [1.29, 1.82) is 0 Å². The largest absolute Gasteiger partial charge is 0.452 e. The van der Waals surface area contributed by atoms with Gasteiger partial charge in [0, 0.05) is 0 Å². The van der Waals surface area contributed by atoms with Crippen molar-refractivity contribution >= 4 is 11.6 Å². The molecule has 0 unspecified atom stereocenters. The summed E-state index contributed by atoms with van der Waals surface area (Å²) in [5.74, 6) is 1.23. The van der Waals surface area contributed by atoms with E-state index in [-0.39, 0.29) is 0 Å². The molecule has 1 aromatic heterocycles. The molecule has 0 fully saturated rings. The fourth-order valence-electron chi connectivity index (χ4n) is 1.15. The fourth-order valence-corrected chi connectivity index (χ4v) is 1.33. The number of aromatic nitrogens is 2. The zero-order valence-electron chi connectivity index (χ0n) is 7.93. The molecule has 1 aromatic carbocycles. The molecule has 0 aliphatic heterocycles. The number of rotatable bonds is 3. The van der Waals surface area contributed by atoms with Gasteiger partial charge in [0.2, 0.25) is 0 Å². The lowest BCUT2D eigenvalue weighted by Crippen LogP contribution is -2.06. The van der Waals surface area contributed by atoms with E-state index in [1.54, 1.807) is 29.2 Å². The van der Waals surface area contributed by atoms with Crippen LogP contribution < -0.4 is 10.5 Å². The Kier molecular flexibility index (Phi) is 2.89.